The molecule has 0 unspecified atom stereocenters. The standard InChI is InChI=1S/C24H19FN2O3/c1-30-24(29)21(16-22(28)17-12-14-20(25)15-13-17)26-27-23(18-8-4-2-5-9-18)19-10-6-3-7-11-19/h2-16,26H,1H3. The SMILES string of the molecule is COC(=O)C(=CC(=O)c1ccc(F)cc1)NN=C(c1ccccc1)c1ccccc1. The number of allylic oxidation sites excluding steroid dienone is 1. The van der Waals surface area contributed by atoms with E-state index in [2.05, 4.69) is 10.5 Å². The van der Waals surface area contributed by atoms with Crippen LogP contribution in [0.5, 0.6) is 0 Å². The Morgan fingerprint density at radius 3 is 1.87 bits per heavy atom. The summed E-state index contributed by atoms with van der Waals surface area (Å²) in [5.74, 6) is -1.70. The number of hydrogen-bond acceptors (Lipinski definition) is 5. The monoisotopic (exact) mass is 402 g/mol. The number of nitrogens with one attached hydrogen (secondary N) is 1. The van der Waals surface area contributed by atoms with Gasteiger partial charge in [-0.3, -0.25) is 10.2 Å². The Kier molecular flexibility index (Phi) is 6.84. The van der Waals surface area contributed by atoms with Crippen molar-refractivity contribution in [2.24, 2.45) is 5.10 Å². The normalized spacial score (nSPS) is 10.8. The number of benzene rings is 3. The molecule has 6 heteroatoms. The smallest absolute Gasteiger partial charge is 0.356 e. The molecule has 1 N–H and O–H groups in total. The zero-order valence-electron chi connectivity index (χ0n) is 16.2. The predicted molar refractivity (Wildman–Crippen MR) is 112 cm³/mol. The first-order valence-corrected chi connectivity index (χ1v) is 9.13. The zero-order valence-corrected chi connectivity index (χ0v) is 16.2. The van der Waals surface area contributed by atoms with Crippen molar-refractivity contribution in [1.82, 2.24) is 5.43 Å². The Hall–Kier alpha value is -4.06. The van der Waals surface area contributed by atoms with E-state index in [0.29, 0.717) is 5.71 Å². The van der Waals surface area contributed by atoms with Crippen molar-refractivity contribution in [2.45, 2.75) is 0 Å². The van der Waals surface area contributed by atoms with Gasteiger partial charge in [-0.1, -0.05) is 60.7 Å². The van der Waals surface area contributed by atoms with Crippen molar-refractivity contribution in [3.8, 4) is 0 Å². The maximum atomic E-state index is 13.1. The van der Waals surface area contributed by atoms with E-state index in [1.54, 1.807) is 0 Å². The van der Waals surface area contributed by atoms with Gasteiger partial charge in [0.25, 0.3) is 0 Å². The Bertz CT molecular complexity index is 1030. The molecule has 150 valence electrons. The number of rotatable bonds is 7. The lowest BCUT2D eigenvalue weighted by Gasteiger charge is -2.10. The van der Waals surface area contributed by atoms with Gasteiger partial charge in [-0.05, 0) is 24.3 Å². The summed E-state index contributed by atoms with van der Waals surface area (Å²) in [6, 6.07) is 23.9. The van der Waals surface area contributed by atoms with Crippen LogP contribution in [0.4, 0.5) is 4.39 Å². The molecule has 0 fully saturated rings. The lowest BCUT2D eigenvalue weighted by atomic mass is 10.0. The number of carbonyl (C=O) groups is 2. The van der Waals surface area contributed by atoms with Crippen LogP contribution in [-0.2, 0) is 9.53 Å². The van der Waals surface area contributed by atoms with E-state index < -0.39 is 17.6 Å². The molecule has 0 aliphatic rings. The molecule has 0 aliphatic heterocycles. The molecule has 5 nitrogen and oxygen atoms in total. The fourth-order valence-corrected chi connectivity index (χ4v) is 2.68. The average molecular weight is 402 g/mol. The number of nitrogens with zero attached hydrogens (tertiary/aromatic N) is 1. The van der Waals surface area contributed by atoms with Crippen LogP contribution in [0.1, 0.15) is 21.5 Å². The minimum absolute atomic E-state index is 0.142. The highest BCUT2D eigenvalue weighted by Crippen LogP contribution is 2.11. The molecule has 0 saturated carbocycles. The molecule has 0 heterocycles. The molecule has 0 aliphatic carbocycles. The van der Waals surface area contributed by atoms with Crippen LogP contribution in [0.25, 0.3) is 0 Å². The number of esters is 1. The van der Waals surface area contributed by atoms with Crippen molar-refractivity contribution in [2.75, 3.05) is 7.11 Å². The quantitative estimate of drug-likeness (QED) is 0.212. The summed E-state index contributed by atoms with van der Waals surface area (Å²) in [5, 5.41) is 4.38. The Labute approximate surface area is 173 Å². The minimum atomic E-state index is -0.755. The molecule has 30 heavy (non-hydrogen) atoms. The molecule has 3 aromatic rings. The summed E-state index contributed by atoms with van der Waals surface area (Å²) in [7, 11) is 1.21. The van der Waals surface area contributed by atoms with E-state index in [4.69, 9.17) is 4.74 Å². The van der Waals surface area contributed by atoms with Gasteiger partial charge in [0, 0.05) is 22.8 Å². The van der Waals surface area contributed by atoms with Crippen molar-refractivity contribution >= 4 is 17.5 Å². The van der Waals surface area contributed by atoms with Crippen LogP contribution >= 0.6 is 0 Å². The first-order valence-electron chi connectivity index (χ1n) is 9.13. The third kappa shape index (κ3) is 5.26. The third-order valence-electron chi connectivity index (χ3n) is 4.19. The Morgan fingerprint density at radius 1 is 0.833 bits per heavy atom. The topological polar surface area (TPSA) is 67.8 Å². The number of carbonyl (C=O) groups excluding carboxylic acids is 2. The van der Waals surface area contributed by atoms with E-state index in [0.717, 1.165) is 17.2 Å². The number of halogens is 1. The molecule has 3 aromatic carbocycles. The average Bonchev–Trinajstić information content (AvgIpc) is 2.79. The summed E-state index contributed by atoms with van der Waals surface area (Å²) >= 11 is 0. The van der Waals surface area contributed by atoms with Crippen molar-refractivity contribution < 1.29 is 18.7 Å². The van der Waals surface area contributed by atoms with Crippen LogP contribution in [0.2, 0.25) is 0 Å². The molecule has 0 aromatic heterocycles. The van der Waals surface area contributed by atoms with E-state index >= 15 is 0 Å². The molecule has 0 atom stereocenters. The predicted octanol–water partition coefficient (Wildman–Crippen LogP) is 4.11. The van der Waals surface area contributed by atoms with E-state index in [1.165, 1.54) is 31.4 Å². The highest BCUT2D eigenvalue weighted by atomic mass is 19.1. The van der Waals surface area contributed by atoms with Crippen LogP contribution in [0, 0.1) is 5.82 Å². The minimum Gasteiger partial charge on any atom is -0.464 e. The van der Waals surface area contributed by atoms with Crippen LogP contribution < -0.4 is 5.43 Å². The Balaban J connectivity index is 1.96. The first kappa shape index (κ1) is 20.7. The van der Waals surface area contributed by atoms with Gasteiger partial charge in [0.1, 0.15) is 11.5 Å². The van der Waals surface area contributed by atoms with Crippen molar-refractivity contribution in [1.29, 1.82) is 0 Å². The van der Waals surface area contributed by atoms with Gasteiger partial charge in [0.15, 0.2) is 5.78 Å². The summed E-state index contributed by atoms with van der Waals surface area (Å²) in [6.45, 7) is 0. The fraction of sp³-hybridized carbons (Fsp3) is 0.0417. The first-order chi connectivity index (χ1) is 14.6. The second-order valence-corrected chi connectivity index (χ2v) is 6.23. The number of hydrazone groups is 1. The zero-order chi connectivity index (χ0) is 21.3. The van der Waals surface area contributed by atoms with Gasteiger partial charge >= 0.3 is 5.97 Å². The molecule has 0 radical (unpaired) electrons. The molecular formula is C24H19FN2O3. The number of hydrogen-bond donors (Lipinski definition) is 1. The van der Waals surface area contributed by atoms with Gasteiger partial charge in [0.2, 0.25) is 0 Å². The lowest BCUT2D eigenvalue weighted by Crippen LogP contribution is -2.21. The van der Waals surface area contributed by atoms with Gasteiger partial charge in [-0.15, -0.1) is 0 Å². The summed E-state index contributed by atoms with van der Waals surface area (Å²) < 4.78 is 17.9. The van der Waals surface area contributed by atoms with Gasteiger partial charge in [0.05, 0.1) is 12.8 Å². The van der Waals surface area contributed by atoms with Crippen LogP contribution in [0.3, 0.4) is 0 Å². The molecule has 0 bridgehead atoms. The number of ketones is 1. The summed E-state index contributed by atoms with van der Waals surface area (Å²) in [6.07, 6.45) is 1.08. The van der Waals surface area contributed by atoms with Gasteiger partial charge < -0.3 is 4.74 Å². The highest BCUT2D eigenvalue weighted by molar-refractivity contribution is 6.13. The molecular weight excluding hydrogens is 383 g/mol. The third-order valence-corrected chi connectivity index (χ3v) is 4.19. The van der Waals surface area contributed by atoms with E-state index in [-0.39, 0.29) is 11.3 Å². The lowest BCUT2D eigenvalue weighted by molar-refractivity contribution is -0.136. The molecule has 0 amide bonds. The van der Waals surface area contributed by atoms with Crippen molar-refractivity contribution in [3.05, 3.63) is 119 Å². The maximum absolute atomic E-state index is 13.1. The second-order valence-electron chi connectivity index (χ2n) is 6.23. The largest absolute Gasteiger partial charge is 0.464 e. The summed E-state index contributed by atoms with van der Waals surface area (Å²) in [4.78, 5) is 24.7. The van der Waals surface area contributed by atoms with E-state index in [1.807, 2.05) is 60.7 Å². The second kappa shape index (κ2) is 9.93. The van der Waals surface area contributed by atoms with Gasteiger partial charge in [-0.25, -0.2) is 9.18 Å². The number of methoxy groups -OCH3 is 1. The summed E-state index contributed by atoms with van der Waals surface area (Å²) in [5.41, 5.74) is 4.98. The molecule has 0 spiro atoms. The van der Waals surface area contributed by atoms with E-state index in [9.17, 15) is 14.0 Å². The Morgan fingerprint density at radius 2 is 1.37 bits per heavy atom. The van der Waals surface area contributed by atoms with Crippen LogP contribution in [0.15, 0.2) is 102 Å². The van der Waals surface area contributed by atoms with Crippen LogP contribution in [-0.4, -0.2) is 24.6 Å². The molecule has 3 rings (SSSR count). The number of ether oxygens (including phenoxy) is 1. The fourth-order valence-electron chi connectivity index (χ4n) is 2.68. The van der Waals surface area contributed by atoms with Gasteiger partial charge in [-0.2, -0.15) is 5.10 Å². The molecule has 0 saturated heterocycles. The maximum Gasteiger partial charge on any atom is 0.356 e. The highest BCUT2D eigenvalue weighted by Gasteiger charge is 2.14. The van der Waals surface area contributed by atoms with Crippen molar-refractivity contribution in [3.63, 3.8) is 0 Å².